The van der Waals surface area contributed by atoms with Gasteiger partial charge in [0.15, 0.2) is 0 Å². The molecule has 0 atom stereocenters. The Morgan fingerprint density at radius 3 is 2.74 bits per heavy atom. The zero-order chi connectivity index (χ0) is 16.4. The minimum Gasteiger partial charge on any atom is -0.495 e. The highest BCUT2D eigenvalue weighted by Crippen LogP contribution is 2.27. The smallest absolute Gasteiger partial charge is 0.274 e. The number of carbonyl (C=O) groups is 1. The largest absolute Gasteiger partial charge is 0.495 e. The molecule has 0 saturated heterocycles. The lowest BCUT2D eigenvalue weighted by Gasteiger charge is -2.10. The summed E-state index contributed by atoms with van der Waals surface area (Å²) < 4.78 is 5.09. The van der Waals surface area contributed by atoms with E-state index < -0.39 is 0 Å². The van der Waals surface area contributed by atoms with E-state index >= 15 is 0 Å². The molecule has 0 bridgehead atoms. The highest BCUT2D eigenvalue weighted by atomic mass is 35.5. The summed E-state index contributed by atoms with van der Waals surface area (Å²) in [6.07, 6.45) is 2.27. The first-order valence-corrected chi connectivity index (χ1v) is 7.70. The fourth-order valence-corrected chi connectivity index (χ4v) is 2.39. The van der Waals surface area contributed by atoms with Crippen molar-refractivity contribution in [1.82, 2.24) is 9.97 Å². The number of carbonyl (C=O) groups excluding carboxylic acids is 1. The Labute approximate surface area is 139 Å². The molecule has 1 amide bonds. The van der Waals surface area contributed by atoms with Gasteiger partial charge in [-0.15, -0.1) is 0 Å². The van der Waals surface area contributed by atoms with E-state index in [0.717, 1.165) is 12.8 Å². The zero-order valence-corrected chi connectivity index (χ0v) is 13.6. The lowest BCUT2D eigenvalue weighted by Crippen LogP contribution is -2.16. The number of rotatable bonds is 5. The number of hydrogen-bond donors (Lipinski definition) is 2. The lowest BCUT2D eigenvalue weighted by molar-refractivity contribution is 0.102. The molecule has 120 valence electrons. The van der Waals surface area contributed by atoms with Crippen LogP contribution in [0.5, 0.6) is 5.75 Å². The molecule has 1 aliphatic rings. The van der Waals surface area contributed by atoms with Crippen LogP contribution in [0.1, 0.15) is 29.2 Å². The van der Waals surface area contributed by atoms with Crippen molar-refractivity contribution < 1.29 is 9.53 Å². The molecule has 1 saturated carbocycles. The van der Waals surface area contributed by atoms with E-state index in [1.54, 1.807) is 31.2 Å². The first-order chi connectivity index (χ1) is 11.0. The van der Waals surface area contributed by atoms with E-state index in [1.165, 1.54) is 7.11 Å². The predicted molar refractivity (Wildman–Crippen MR) is 89.4 cm³/mol. The number of halogens is 1. The van der Waals surface area contributed by atoms with Gasteiger partial charge >= 0.3 is 0 Å². The third-order valence-electron chi connectivity index (χ3n) is 3.41. The molecule has 0 unspecified atom stereocenters. The van der Waals surface area contributed by atoms with E-state index in [2.05, 4.69) is 20.6 Å². The standard InChI is InChI=1S/C16H17ClN4O2/c1-9-18-13(8-15(19-9)20-10-3-4-10)16(22)21-11-5-6-14(23-2)12(17)7-11/h5-8,10H,3-4H2,1-2H3,(H,21,22)(H,18,19,20). The Balaban J connectivity index is 1.77. The molecule has 3 rings (SSSR count). The van der Waals surface area contributed by atoms with E-state index in [-0.39, 0.29) is 5.91 Å². The topological polar surface area (TPSA) is 76.1 Å². The molecule has 0 radical (unpaired) electrons. The van der Waals surface area contributed by atoms with Crippen LogP contribution in [0.3, 0.4) is 0 Å². The minimum atomic E-state index is -0.310. The maximum atomic E-state index is 12.4. The molecule has 2 N–H and O–H groups in total. The van der Waals surface area contributed by atoms with Gasteiger partial charge in [-0.2, -0.15) is 0 Å². The third-order valence-corrected chi connectivity index (χ3v) is 3.70. The van der Waals surface area contributed by atoms with Gasteiger partial charge in [-0.05, 0) is 38.0 Å². The van der Waals surface area contributed by atoms with E-state index in [0.29, 0.717) is 39.8 Å². The van der Waals surface area contributed by atoms with Gasteiger partial charge in [0.2, 0.25) is 0 Å². The molecule has 23 heavy (non-hydrogen) atoms. The molecule has 1 heterocycles. The lowest BCUT2D eigenvalue weighted by atomic mass is 10.2. The quantitative estimate of drug-likeness (QED) is 0.878. The molecule has 1 aromatic heterocycles. The van der Waals surface area contributed by atoms with Crippen molar-refractivity contribution in [3.63, 3.8) is 0 Å². The number of hydrogen-bond acceptors (Lipinski definition) is 5. The van der Waals surface area contributed by atoms with Crippen molar-refractivity contribution in [1.29, 1.82) is 0 Å². The van der Waals surface area contributed by atoms with Gasteiger partial charge in [0.05, 0.1) is 12.1 Å². The Morgan fingerprint density at radius 1 is 1.30 bits per heavy atom. The Morgan fingerprint density at radius 2 is 2.09 bits per heavy atom. The number of ether oxygens (including phenoxy) is 1. The second kappa shape index (κ2) is 6.42. The highest BCUT2D eigenvalue weighted by Gasteiger charge is 2.22. The van der Waals surface area contributed by atoms with Crippen molar-refractivity contribution in [2.24, 2.45) is 0 Å². The highest BCUT2D eigenvalue weighted by molar-refractivity contribution is 6.32. The fourth-order valence-electron chi connectivity index (χ4n) is 2.13. The number of aryl methyl sites for hydroxylation is 1. The van der Waals surface area contributed by atoms with Crippen molar-refractivity contribution in [2.45, 2.75) is 25.8 Å². The molecule has 1 fully saturated rings. The number of benzene rings is 1. The van der Waals surface area contributed by atoms with Gasteiger partial charge in [0, 0.05) is 17.8 Å². The summed E-state index contributed by atoms with van der Waals surface area (Å²) >= 11 is 6.06. The first kappa shape index (κ1) is 15.6. The Kier molecular flexibility index (Phi) is 4.34. The number of amides is 1. The molecule has 0 aliphatic heterocycles. The van der Waals surface area contributed by atoms with E-state index in [4.69, 9.17) is 16.3 Å². The summed E-state index contributed by atoms with van der Waals surface area (Å²) in [5.74, 6) is 1.47. The molecular weight excluding hydrogens is 316 g/mol. The second-order valence-electron chi connectivity index (χ2n) is 5.41. The van der Waals surface area contributed by atoms with Crippen LogP contribution >= 0.6 is 11.6 Å². The molecule has 1 aromatic carbocycles. The maximum Gasteiger partial charge on any atom is 0.274 e. The van der Waals surface area contributed by atoms with Crippen molar-refractivity contribution >= 4 is 29.0 Å². The summed E-state index contributed by atoms with van der Waals surface area (Å²) in [5.41, 5.74) is 0.890. The number of methoxy groups -OCH3 is 1. The van der Waals surface area contributed by atoms with Gasteiger partial charge in [-0.25, -0.2) is 9.97 Å². The van der Waals surface area contributed by atoms with Gasteiger partial charge in [-0.1, -0.05) is 11.6 Å². The normalized spacial score (nSPS) is 13.5. The fraction of sp³-hybridized carbons (Fsp3) is 0.312. The zero-order valence-electron chi connectivity index (χ0n) is 12.9. The predicted octanol–water partition coefficient (Wildman–Crippen LogP) is 3.27. The average Bonchev–Trinajstić information content (AvgIpc) is 3.30. The average molecular weight is 333 g/mol. The van der Waals surface area contributed by atoms with Crippen LogP contribution in [0.15, 0.2) is 24.3 Å². The minimum absolute atomic E-state index is 0.310. The molecule has 1 aliphatic carbocycles. The van der Waals surface area contributed by atoms with Crippen LogP contribution < -0.4 is 15.4 Å². The summed E-state index contributed by atoms with van der Waals surface area (Å²) in [5, 5.41) is 6.48. The van der Waals surface area contributed by atoms with Crippen LogP contribution in [0.4, 0.5) is 11.5 Å². The van der Waals surface area contributed by atoms with E-state index in [1.807, 2.05) is 0 Å². The molecule has 2 aromatic rings. The maximum absolute atomic E-state index is 12.4. The van der Waals surface area contributed by atoms with Gasteiger partial charge < -0.3 is 15.4 Å². The number of aromatic nitrogens is 2. The van der Waals surface area contributed by atoms with Crippen LogP contribution in [-0.2, 0) is 0 Å². The first-order valence-electron chi connectivity index (χ1n) is 7.32. The van der Waals surface area contributed by atoms with Crippen LogP contribution in [0, 0.1) is 6.92 Å². The van der Waals surface area contributed by atoms with Crippen molar-refractivity contribution in [3.8, 4) is 5.75 Å². The number of nitrogens with zero attached hydrogens (tertiary/aromatic N) is 2. The molecular formula is C16H17ClN4O2. The van der Waals surface area contributed by atoms with Gasteiger partial charge in [-0.3, -0.25) is 4.79 Å². The molecule has 7 heteroatoms. The second-order valence-corrected chi connectivity index (χ2v) is 5.81. The summed E-state index contributed by atoms with van der Waals surface area (Å²) in [6.45, 7) is 1.76. The molecule has 6 nitrogen and oxygen atoms in total. The third kappa shape index (κ3) is 3.90. The van der Waals surface area contributed by atoms with E-state index in [9.17, 15) is 4.79 Å². The summed E-state index contributed by atoms with van der Waals surface area (Å²) in [6, 6.07) is 7.17. The number of nitrogens with one attached hydrogen (secondary N) is 2. The SMILES string of the molecule is COc1ccc(NC(=O)c2cc(NC3CC3)nc(C)n2)cc1Cl. The number of anilines is 2. The monoisotopic (exact) mass is 332 g/mol. The van der Waals surface area contributed by atoms with Crippen LogP contribution in [0.2, 0.25) is 5.02 Å². The van der Waals surface area contributed by atoms with Crippen LogP contribution in [0.25, 0.3) is 0 Å². The molecule has 0 spiro atoms. The van der Waals surface area contributed by atoms with Crippen LogP contribution in [-0.4, -0.2) is 29.0 Å². The Hall–Kier alpha value is -2.34. The van der Waals surface area contributed by atoms with Crippen molar-refractivity contribution in [3.05, 3.63) is 40.8 Å². The summed E-state index contributed by atoms with van der Waals surface area (Å²) in [7, 11) is 1.54. The van der Waals surface area contributed by atoms with Gasteiger partial charge in [0.1, 0.15) is 23.1 Å². The van der Waals surface area contributed by atoms with Crippen molar-refractivity contribution in [2.75, 3.05) is 17.7 Å². The summed E-state index contributed by atoms with van der Waals surface area (Å²) in [4.78, 5) is 20.9. The van der Waals surface area contributed by atoms with Gasteiger partial charge in [0.25, 0.3) is 5.91 Å². The Bertz CT molecular complexity index is 747.